The third-order valence-corrected chi connectivity index (χ3v) is 5.36. The molecule has 0 aliphatic heterocycles. The second-order valence-electron chi connectivity index (χ2n) is 4.72. The van der Waals surface area contributed by atoms with Crippen LogP contribution in [0.3, 0.4) is 0 Å². The first-order valence-corrected chi connectivity index (χ1v) is 7.98. The number of nitrogen functional groups attached to an aromatic ring is 1. The Morgan fingerprint density at radius 2 is 1.65 bits per heavy atom. The predicted octanol–water partition coefficient (Wildman–Crippen LogP) is 2.79. The van der Waals surface area contributed by atoms with E-state index in [1.165, 1.54) is 0 Å². The summed E-state index contributed by atoms with van der Waals surface area (Å²) >= 11 is 0. The zero-order valence-electron chi connectivity index (χ0n) is 11.8. The molecule has 7 heteroatoms. The molecule has 0 aliphatic rings. The van der Waals surface area contributed by atoms with Gasteiger partial charge in [0.25, 0.3) is 0 Å². The Morgan fingerprint density at radius 3 is 2.10 bits per heavy atom. The lowest BCUT2D eigenvalue weighted by atomic mass is 9.91. The summed E-state index contributed by atoms with van der Waals surface area (Å²) in [5.41, 5.74) is 3.77. The Hall–Kier alpha value is -1.21. The Balaban J connectivity index is 3.28. The summed E-state index contributed by atoms with van der Waals surface area (Å²) in [4.78, 5) is -0.629. The van der Waals surface area contributed by atoms with Gasteiger partial charge in [0, 0.05) is 5.54 Å². The molecule has 114 valence electrons. The van der Waals surface area contributed by atoms with Crippen LogP contribution in [0, 0.1) is 11.6 Å². The van der Waals surface area contributed by atoms with Crippen LogP contribution in [-0.4, -0.2) is 14.0 Å². The maximum atomic E-state index is 13.9. The second kappa shape index (κ2) is 6.05. The highest BCUT2D eigenvalue weighted by molar-refractivity contribution is 7.89. The van der Waals surface area contributed by atoms with Crippen molar-refractivity contribution in [2.45, 2.75) is 50.5 Å². The van der Waals surface area contributed by atoms with Crippen molar-refractivity contribution in [2.24, 2.45) is 0 Å². The quantitative estimate of drug-likeness (QED) is 0.794. The molecular formula is C13H20F2N2O2S. The van der Waals surface area contributed by atoms with Crippen molar-refractivity contribution in [3.63, 3.8) is 0 Å². The van der Waals surface area contributed by atoms with E-state index in [1.54, 1.807) is 0 Å². The molecule has 0 aliphatic carbocycles. The minimum absolute atomic E-state index is 0.567. The molecule has 1 rings (SSSR count). The van der Waals surface area contributed by atoms with Gasteiger partial charge in [0.2, 0.25) is 10.0 Å². The van der Waals surface area contributed by atoms with Gasteiger partial charge in [-0.25, -0.2) is 21.9 Å². The van der Waals surface area contributed by atoms with Gasteiger partial charge < -0.3 is 5.73 Å². The monoisotopic (exact) mass is 306 g/mol. The van der Waals surface area contributed by atoms with Crippen molar-refractivity contribution < 1.29 is 17.2 Å². The van der Waals surface area contributed by atoms with Crippen LogP contribution < -0.4 is 10.5 Å². The molecule has 3 N–H and O–H groups in total. The number of rotatable bonds is 6. The molecule has 0 amide bonds. The lowest BCUT2D eigenvalue weighted by molar-refractivity contribution is 0.341. The predicted molar refractivity (Wildman–Crippen MR) is 74.7 cm³/mol. The fourth-order valence-corrected chi connectivity index (χ4v) is 3.77. The van der Waals surface area contributed by atoms with Crippen LogP contribution in [0.4, 0.5) is 14.5 Å². The first kappa shape index (κ1) is 16.8. The van der Waals surface area contributed by atoms with Crippen LogP contribution >= 0.6 is 0 Å². The van der Waals surface area contributed by atoms with E-state index in [9.17, 15) is 17.2 Å². The van der Waals surface area contributed by atoms with Gasteiger partial charge in [-0.15, -0.1) is 0 Å². The van der Waals surface area contributed by atoms with Crippen LogP contribution in [0.1, 0.15) is 40.0 Å². The van der Waals surface area contributed by atoms with Gasteiger partial charge >= 0.3 is 0 Å². The zero-order chi connectivity index (χ0) is 15.6. The number of sulfonamides is 1. The Kier molecular flexibility index (Phi) is 5.10. The minimum Gasteiger partial charge on any atom is -0.394 e. The maximum absolute atomic E-state index is 13.9. The fraction of sp³-hybridized carbons (Fsp3) is 0.538. The van der Waals surface area contributed by atoms with E-state index in [4.69, 9.17) is 5.73 Å². The number of hydrogen-bond acceptors (Lipinski definition) is 3. The van der Waals surface area contributed by atoms with Gasteiger partial charge in [0.15, 0.2) is 5.82 Å². The van der Waals surface area contributed by atoms with E-state index in [-0.39, 0.29) is 0 Å². The lowest BCUT2D eigenvalue weighted by Gasteiger charge is -2.31. The van der Waals surface area contributed by atoms with Gasteiger partial charge in [-0.05, 0) is 31.4 Å². The average Bonchev–Trinajstić information content (AvgIpc) is 2.42. The number of nitrogens with one attached hydrogen (secondary N) is 1. The summed E-state index contributed by atoms with van der Waals surface area (Å²) in [6.07, 6.45) is 1.70. The fourth-order valence-electron chi connectivity index (χ4n) is 2.06. The van der Waals surface area contributed by atoms with Crippen LogP contribution in [0.15, 0.2) is 17.0 Å². The molecule has 0 aromatic heterocycles. The van der Waals surface area contributed by atoms with Crippen molar-refractivity contribution in [3.8, 4) is 0 Å². The smallest absolute Gasteiger partial charge is 0.244 e. The summed E-state index contributed by atoms with van der Waals surface area (Å²) in [6.45, 7) is 5.56. The molecule has 0 unspecified atom stereocenters. The van der Waals surface area contributed by atoms with Gasteiger partial charge in [-0.1, -0.05) is 20.8 Å². The highest BCUT2D eigenvalue weighted by atomic mass is 32.2. The van der Waals surface area contributed by atoms with Gasteiger partial charge in [-0.3, -0.25) is 0 Å². The van der Waals surface area contributed by atoms with E-state index < -0.39 is 37.8 Å². The van der Waals surface area contributed by atoms with Crippen LogP contribution in [-0.2, 0) is 10.0 Å². The maximum Gasteiger partial charge on any atom is 0.244 e. The number of anilines is 1. The SMILES string of the molecule is CCC(CC)(CC)NS(=O)(=O)c1ccc(F)c(N)c1F. The van der Waals surface area contributed by atoms with Crippen molar-refractivity contribution in [1.82, 2.24) is 4.72 Å². The second-order valence-corrected chi connectivity index (χ2v) is 6.37. The van der Waals surface area contributed by atoms with Crippen LogP contribution in [0.2, 0.25) is 0 Å². The molecule has 0 fully saturated rings. The number of hydrogen-bond donors (Lipinski definition) is 2. The normalized spacial score (nSPS) is 12.7. The number of halogens is 2. The van der Waals surface area contributed by atoms with Crippen LogP contribution in [0.5, 0.6) is 0 Å². The molecule has 0 spiro atoms. The summed E-state index contributed by atoms with van der Waals surface area (Å²) in [5.74, 6) is -2.23. The molecule has 1 aromatic carbocycles. The number of nitrogens with two attached hydrogens (primary N) is 1. The van der Waals surface area contributed by atoms with E-state index in [1.807, 2.05) is 20.8 Å². The highest BCUT2D eigenvalue weighted by Gasteiger charge is 2.32. The first-order chi connectivity index (χ1) is 9.23. The third-order valence-electron chi connectivity index (χ3n) is 3.76. The number of benzene rings is 1. The Morgan fingerprint density at radius 1 is 1.15 bits per heavy atom. The highest BCUT2D eigenvalue weighted by Crippen LogP contribution is 2.26. The molecular weight excluding hydrogens is 286 g/mol. The summed E-state index contributed by atoms with van der Waals surface area (Å²) < 4.78 is 54.0. The summed E-state index contributed by atoms with van der Waals surface area (Å²) in [6, 6.07) is 1.73. The first-order valence-electron chi connectivity index (χ1n) is 6.50. The average molecular weight is 306 g/mol. The minimum atomic E-state index is -4.10. The molecule has 0 saturated carbocycles. The molecule has 0 saturated heterocycles. The van der Waals surface area contributed by atoms with E-state index >= 15 is 0 Å². The van der Waals surface area contributed by atoms with Crippen molar-refractivity contribution in [2.75, 3.05) is 5.73 Å². The summed E-state index contributed by atoms with van der Waals surface area (Å²) in [7, 11) is -4.10. The largest absolute Gasteiger partial charge is 0.394 e. The van der Waals surface area contributed by atoms with Gasteiger partial charge in [0.05, 0.1) is 0 Å². The molecule has 0 atom stereocenters. The van der Waals surface area contributed by atoms with Gasteiger partial charge in [-0.2, -0.15) is 0 Å². The lowest BCUT2D eigenvalue weighted by Crippen LogP contribution is -2.47. The molecule has 20 heavy (non-hydrogen) atoms. The van der Waals surface area contributed by atoms with E-state index in [0.717, 1.165) is 12.1 Å². The third kappa shape index (κ3) is 3.09. The standard InChI is InChI=1S/C13H20F2N2O2S/c1-4-13(5-2,6-3)17-20(18,19)10-8-7-9(14)12(16)11(10)15/h7-8,17H,4-6,16H2,1-3H3. The Bertz CT molecular complexity index is 576. The van der Waals surface area contributed by atoms with Crippen LogP contribution in [0.25, 0.3) is 0 Å². The molecule has 0 radical (unpaired) electrons. The summed E-state index contributed by atoms with van der Waals surface area (Å²) in [5, 5.41) is 0. The van der Waals surface area contributed by atoms with E-state index in [2.05, 4.69) is 4.72 Å². The van der Waals surface area contributed by atoms with Gasteiger partial charge in [0.1, 0.15) is 16.4 Å². The molecule has 4 nitrogen and oxygen atoms in total. The van der Waals surface area contributed by atoms with Crippen molar-refractivity contribution in [1.29, 1.82) is 0 Å². The topological polar surface area (TPSA) is 72.2 Å². The zero-order valence-corrected chi connectivity index (χ0v) is 12.7. The van der Waals surface area contributed by atoms with Crippen molar-refractivity contribution in [3.05, 3.63) is 23.8 Å². The Labute approximate surface area is 118 Å². The molecule has 0 heterocycles. The van der Waals surface area contributed by atoms with Crippen molar-refractivity contribution >= 4 is 15.7 Å². The van der Waals surface area contributed by atoms with E-state index in [0.29, 0.717) is 19.3 Å². The molecule has 1 aromatic rings. The molecule has 0 bridgehead atoms.